The van der Waals surface area contributed by atoms with Gasteiger partial charge in [-0.2, -0.15) is 0 Å². The summed E-state index contributed by atoms with van der Waals surface area (Å²) in [6.45, 7) is 2.08. The normalized spacial score (nSPS) is 17.1. The number of rotatable bonds is 3. The van der Waals surface area contributed by atoms with Crippen LogP contribution in [0.25, 0.3) is 0 Å². The number of carbonyl (C=O) groups is 1. The topological polar surface area (TPSA) is 46.3 Å². The number of anilines is 1. The first-order valence-electron chi connectivity index (χ1n) is 5.89. The van der Waals surface area contributed by atoms with Gasteiger partial charge in [0.15, 0.2) is 0 Å². The Morgan fingerprint density at radius 3 is 2.88 bits per heavy atom. The molecule has 0 spiro atoms. The van der Waals surface area contributed by atoms with Crippen LogP contribution in [0.1, 0.15) is 31.7 Å². The van der Waals surface area contributed by atoms with Crippen LogP contribution in [0.4, 0.5) is 5.69 Å². The van der Waals surface area contributed by atoms with Crippen LogP contribution in [0.3, 0.4) is 0 Å². The van der Waals surface area contributed by atoms with Gasteiger partial charge in [0, 0.05) is 12.1 Å². The lowest BCUT2D eigenvalue weighted by molar-refractivity contribution is -0.119. The molecule has 1 heterocycles. The van der Waals surface area contributed by atoms with Gasteiger partial charge in [-0.25, -0.2) is 0 Å². The second-order valence-corrected chi connectivity index (χ2v) is 4.25. The molecule has 0 radical (unpaired) electrons. The molecule has 1 aromatic rings. The summed E-state index contributed by atoms with van der Waals surface area (Å²) >= 11 is 0. The molecule has 0 saturated heterocycles. The molecular weight excluding hydrogens is 200 g/mol. The van der Waals surface area contributed by atoms with Crippen LogP contribution in [0.15, 0.2) is 24.3 Å². The highest BCUT2D eigenvalue weighted by Gasteiger charge is 2.27. The molecular formula is C13H18N2O. The van der Waals surface area contributed by atoms with E-state index in [-0.39, 0.29) is 12.1 Å². The van der Waals surface area contributed by atoms with Crippen molar-refractivity contribution in [2.24, 2.45) is 5.73 Å². The highest BCUT2D eigenvalue weighted by atomic mass is 16.2. The molecule has 1 aromatic carbocycles. The molecule has 0 aliphatic carbocycles. The maximum atomic E-state index is 11.9. The summed E-state index contributed by atoms with van der Waals surface area (Å²) < 4.78 is 0. The average Bonchev–Trinajstić information content (AvgIpc) is 2.29. The summed E-state index contributed by atoms with van der Waals surface area (Å²) in [5.74, 6) is 0.152. The number of para-hydroxylation sites is 1. The van der Waals surface area contributed by atoms with Gasteiger partial charge in [0.1, 0.15) is 0 Å². The SMILES string of the molecule is CCCC(N)N1C(=O)CCc2ccccc21. The molecule has 0 aromatic heterocycles. The third-order valence-electron chi connectivity index (χ3n) is 3.04. The summed E-state index contributed by atoms with van der Waals surface area (Å²) in [6, 6.07) is 8.04. The molecule has 86 valence electrons. The predicted octanol–water partition coefficient (Wildman–Crippen LogP) is 2.05. The second-order valence-electron chi connectivity index (χ2n) is 4.25. The van der Waals surface area contributed by atoms with E-state index in [9.17, 15) is 4.79 Å². The van der Waals surface area contributed by atoms with Crippen LogP contribution >= 0.6 is 0 Å². The number of nitrogens with zero attached hydrogens (tertiary/aromatic N) is 1. The summed E-state index contributed by atoms with van der Waals surface area (Å²) in [5, 5.41) is 0. The van der Waals surface area contributed by atoms with Crippen LogP contribution in [-0.4, -0.2) is 12.1 Å². The molecule has 0 saturated carbocycles. The Hall–Kier alpha value is -1.35. The van der Waals surface area contributed by atoms with Crippen molar-refractivity contribution in [3.05, 3.63) is 29.8 Å². The first kappa shape index (κ1) is 11.1. The summed E-state index contributed by atoms with van der Waals surface area (Å²) in [4.78, 5) is 13.7. The Bertz CT molecular complexity index is 389. The Kier molecular flexibility index (Phi) is 3.25. The van der Waals surface area contributed by atoms with Crippen molar-refractivity contribution < 1.29 is 4.79 Å². The molecule has 16 heavy (non-hydrogen) atoms. The van der Waals surface area contributed by atoms with Gasteiger partial charge in [0.05, 0.1) is 6.17 Å². The first-order valence-corrected chi connectivity index (χ1v) is 5.89. The van der Waals surface area contributed by atoms with Gasteiger partial charge in [-0.05, 0) is 24.5 Å². The highest BCUT2D eigenvalue weighted by molar-refractivity contribution is 5.96. The van der Waals surface area contributed by atoms with Crippen molar-refractivity contribution in [1.29, 1.82) is 0 Å². The zero-order valence-corrected chi connectivity index (χ0v) is 9.65. The Balaban J connectivity index is 2.33. The molecule has 3 heteroatoms. The zero-order valence-electron chi connectivity index (χ0n) is 9.65. The fourth-order valence-electron chi connectivity index (χ4n) is 2.24. The van der Waals surface area contributed by atoms with Crippen LogP contribution in [0.5, 0.6) is 0 Å². The molecule has 1 aliphatic heterocycles. The van der Waals surface area contributed by atoms with Gasteiger partial charge in [-0.1, -0.05) is 31.5 Å². The largest absolute Gasteiger partial charge is 0.311 e. The quantitative estimate of drug-likeness (QED) is 0.844. The lowest BCUT2D eigenvalue weighted by atomic mass is 10.00. The number of carbonyl (C=O) groups excluding carboxylic acids is 1. The van der Waals surface area contributed by atoms with Gasteiger partial charge in [-0.3, -0.25) is 9.69 Å². The molecule has 0 fully saturated rings. The molecule has 1 unspecified atom stereocenters. The predicted molar refractivity (Wildman–Crippen MR) is 65.1 cm³/mol. The van der Waals surface area contributed by atoms with Crippen LogP contribution in [0.2, 0.25) is 0 Å². The van der Waals surface area contributed by atoms with Gasteiger partial charge in [0.2, 0.25) is 5.91 Å². The first-order chi connectivity index (χ1) is 7.74. The van der Waals surface area contributed by atoms with E-state index in [1.54, 1.807) is 4.90 Å². The minimum Gasteiger partial charge on any atom is -0.311 e. The summed E-state index contributed by atoms with van der Waals surface area (Å²) in [6.07, 6.45) is 3.07. The van der Waals surface area contributed by atoms with Crippen molar-refractivity contribution in [3.8, 4) is 0 Å². The van der Waals surface area contributed by atoms with Gasteiger partial charge >= 0.3 is 0 Å². The summed E-state index contributed by atoms with van der Waals surface area (Å²) in [7, 11) is 0. The smallest absolute Gasteiger partial charge is 0.228 e. The van der Waals surface area contributed by atoms with Gasteiger partial charge < -0.3 is 5.73 Å². The number of aryl methyl sites for hydroxylation is 1. The highest BCUT2D eigenvalue weighted by Crippen LogP contribution is 2.28. The van der Waals surface area contributed by atoms with Gasteiger partial charge in [-0.15, -0.1) is 0 Å². The van der Waals surface area contributed by atoms with Crippen molar-refractivity contribution in [2.45, 2.75) is 38.8 Å². The lowest BCUT2D eigenvalue weighted by Gasteiger charge is -2.34. The monoisotopic (exact) mass is 218 g/mol. The Labute approximate surface area is 96.2 Å². The van der Waals surface area contributed by atoms with Gasteiger partial charge in [0.25, 0.3) is 0 Å². The van der Waals surface area contributed by atoms with Crippen LogP contribution in [0, 0.1) is 0 Å². The molecule has 1 atom stereocenters. The maximum Gasteiger partial charge on any atom is 0.228 e. The number of nitrogens with two attached hydrogens (primary N) is 1. The van der Waals surface area contributed by atoms with Crippen LogP contribution in [-0.2, 0) is 11.2 Å². The van der Waals surface area contributed by atoms with Crippen LogP contribution < -0.4 is 10.6 Å². The molecule has 0 bridgehead atoms. The van der Waals surface area contributed by atoms with E-state index in [2.05, 4.69) is 13.0 Å². The number of hydrogen-bond donors (Lipinski definition) is 1. The Morgan fingerprint density at radius 1 is 1.38 bits per heavy atom. The number of fused-ring (bicyclic) bond motifs is 1. The average molecular weight is 218 g/mol. The maximum absolute atomic E-state index is 11.9. The minimum absolute atomic E-state index is 0.152. The van der Waals surface area contributed by atoms with E-state index in [0.717, 1.165) is 24.9 Å². The second kappa shape index (κ2) is 4.66. The minimum atomic E-state index is -0.182. The van der Waals surface area contributed by atoms with E-state index >= 15 is 0 Å². The third-order valence-corrected chi connectivity index (χ3v) is 3.04. The van der Waals surface area contributed by atoms with E-state index in [0.29, 0.717) is 6.42 Å². The molecule has 1 aliphatic rings. The van der Waals surface area contributed by atoms with Crippen molar-refractivity contribution >= 4 is 11.6 Å². The van der Waals surface area contributed by atoms with E-state index in [1.165, 1.54) is 5.56 Å². The molecule has 2 rings (SSSR count). The zero-order chi connectivity index (χ0) is 11.5. The fraction of sp³-hybridized carbons (Fsp3) is 0.462. The summed E-state index contributed by atoms with van der Waals surface area (Å²) in [5.41, 5.74) is 8.30. The number of amides is 1. The van der Waals surface area contributed by atoms with E-state index in [4.69, 9.17) is 5.73 Å². The Morgan fingerprint density at radius 2 is 2.12 bits per heavy atom. The number of benzene rings is 1. The molecule has 1 amide bonds. The molecule has 2 N–H and O–H groups in total. The van der Waals surface area contributed by atoms with Crippen molar-refractivity contribution in [2.75, 3.05) is 4.90 Å². The lowest BCUT2D eigenvalue weighted by Crippen LogP contribution is -2.48. The van der Waals surface area contributed by atoms with Crippen molar-refractivity contribution in [1.82, 2.24) is 0 Å². The third kappa shape index (κ3) is 1.95. The molecule has 3 nitrogen and oxygen atoms in total. The van der Waals surface area contributed by atoms with Crippen molar-refractivity contribution in [3.63, 3.8) is 0 Å². The van der Waals surface area contributed by atoms with E-state index < -0.39 is 0 Å². The van der Waals surface area contributed by atoms with E-state index in [1.807, 2.05) is 18.2 Å². The standard InChI is InChI=1S/C13H18N2O/c1-2-5-12(14)15-11-7-4-3-6-10(11)8-9-13(15)16/h3-4,6-7,12H,2,5,8-9,14H2,1H3. The number of hydrogen-bond acceptors (Lipinski definition) is 2. The fourth-order valence-corrected chi connectivity index (χ4v) is 2.24.